The van der Waals surface area contributed by atoms with Crippen molar-refractivity contribution in [1.82, 2.24) is 4.90 Å². The van der Waals surface area contributed by atoms with Gasteiger partial charge in [-0.25, -0.2) is 4.39 Å². The molecular weight excluding hydrogens is 371 g/mol. The molecule has 0 saturated heterocycles. The maximum atomic E-state index is 13.3. The lowest BCUT2D eigenvalue weighted by Gasteiger charge is -2.26. The van der Waals surface area contributed by atoms with Crippen molar-refractivity contribution in [3.63, 3.8) is 0 Å². The molecule has 0 bridgehead atoms. The minimum Gasteiger partial charge on any atom is -0.297 e. The summed E-state index contributed by atoms with van der Waals surface area (Å²) < 4.78 is 13.3. The van der Waals surface area contributed by atoms with Crippen molar-refractivity contribution in [3.8, 4) is 6.07 Å². The molecule has 3 heteroatoms. The standard InChI is InChI=1S/C25H34FN.C2H3N/c1-20(2)27(19-22-7-4-3-5-8-22)18-6-9-21-10-12-23(13-11-21)24-14-16-25(26)17-15-24;1-2-3/h3-5,7-8,10-13,20,24-25H,6,9,14-19H2,1-2H3;1H3. The van der Waals surface area contributed by atoms with Crippen LogP contribution in [0.3, 0.4) is 0 Å². The average molecular weight is 409 g/mol. The van der Waals surface area contributed by atoms with Crippen molar-refractivity contribution >= 4 is 0 Å². The summed E-state index contributed by atoms with van der Waals surface area (Å²) in [5, 5.41) is 7.32. The average Bonchev–Trinajstić information content (AvgIpc) is 2.75. The highest BCUT2D eigenvalue weighted by molar-refractivity contribution is 5.26. The van der Waals surface area contributed by atoms with Crippen LogP contribution in [0.25, 0.3) is 0 Å². The van der Waals surface area contributed by atoms with E-state index in [1.165, 1.54) is 30.0 Å². The SMILES string of the molecule is CC#N.CC(C)N(CCCc1ccc(C2CCC(F)CC2)cc1)Cc1ccccc1. The molecule has 3 rings (SSSR count). The Morgan fingerprint density at radius 3 is 2.13 bits per heavy atom. The van der Waals surface area contributed by atoms with Gasteiger partial charge in [-0.3, -0.25) is 4.90 Å². The molecule has 1 fully saturated rings. The highest BCUT2D eigenvalue weighted by atomic mass is 19.1. The minimum atomic E-state index is -0.569. The highest BCUT2D eigenvalue weighted by Crippen LogP contribution is 2.34. The van der Waals surface area contributed by atoms with Crippen LogP contribution in [0.4, 0.5) is 4.39 Å². The Labute approximate surface area is 182 Å². The molecule has 0 radical (unpaired) electrons. The smallest absolute Gasteiger partial charge is 0.100 e. The lowest BCUT2D eigenvalue weighted by Crippen LogP contribution is -2.31. The van der Waals surface area contributed by atoms with Crippen LogP contribution in [0.2, 0.25) is 0 Å². The second kappa shape index (κ2) is 13.2. The van der Waals surface area contributed by atoms with E-state index >= 15 is 0 Å². The van der Waals surface area contributed by atoms with Gasteiger partial charge in [0.2, 0.25) is 0 Å². The normalized spacial score (nSPS) is 18.6. The van der Waals surface area contributed by atoms with E-state index in [9.17, 15) is 4.39 Å². The van der Waals surface area contributed by atoms with Crippen LogP contribution in [0.1, 0.15) is 75.5 Å². The van der Waals surface area contributed by atoms with Gasteiger partial charge in [-0.15, -0.1) is 0 Å². The fourth-order valence-electron chi connectivity index (χ4n) is 4.17. The number of nitriles is 1. The van der Waals surface area contributed by atoms with Gasteiger partial charge in [0.1, 0.15) is 6.17 Å². The first-order valence-electron chi connectivity index (χ1n) is 11.3. The van der Waals surface area contributed by atoms with Crippen LogP contribution in [0.15, 0.2) is 54.6 Å². The van der Waals surface area contributed by atoms with E-state index in [-0.39, 0.29) is 0 Å². The van der Waals surface area contributed by atoms with Crippen molar-refractivity contribution < 1.29 is 4.39 Å². The summed E-state index contributed by atoms with van der Waals surface area (Å²) in [6.07, 6.45) is 5.21. The van der Waals surface area contributed by atoms with E-state index < -0.39 is 6.17 Å². The fourth-order valence-corrected chi connectivity index (χ4v) is 4.17. The summed E-state index contributed by atoms with van der Waals surface area (Å²) in [5.41, 5.74) is 4.21. The number of benzene rings is 2. The van der Waals surface area contributed by atoms with Gasteiger partial charge in [0.15, 0.2) is 0 Å². The Bertz CT molecular complexity index is 741. The third kappa shape index (κ3) is 8.28. The number of alkyl halides is 1. The molecule has 0 spiro atoms. The molecule has 1 saturated carbocycles. The summed E-state index contributed by atoms with van der Waals surface area (Å²) in [5.74, 6) is 0.563. The van der Waals surface area contributed by atoms with Crippen LogP contribution in [0.5, 0.6) is 0 Å². The first kappa shape index (κ1) is 24.1. The molecule has 0 N–H and O–H groups in total. The molecular formula is C27H37FN2. The summed E-state index contributed by atoms with van der Waals surface area (Å²) in [7, 11) is 0. The van der Waals surface area contributed by atoms with Crippen LogP contribution in [-0.4, -0.2) is 23.7 Å². The Kier molecular flexibility index (Phi) is 10.6. The van der Waals surface area contributed by atoms with Crippen LogP contribution >= 0.6 is 0 Å². The van der Waals surface area contributed by atoms with E-state index in [1.807, 2.05) is 0 Å². The summed E-state index contributed by atoms with van der Waals surface area (Å²) in [6, 6.07) is 22.2. The van der Waals surface area contributed by atoms with Gasteiger partial charge in [0, 0.05) is 19.5 Å². The van der Waals surface area contributed by atoms with Gasteiger partial charge >= 0.3 is 0 Å². The number of hydrogen-bond acceptors (Lipinski definition) is 2. The van der Waals surface area contributed by atoms with Crippen molar-refractivity contribution in [3.05, 3.63) is 71.3 Å². The van der Waals surface area contributed by atoms with E-state index in [4.69, 9.17) is 5.26 Å². The Morgan fingerprint density at radius 1 is 0.967 bits per heavy atom. The lowest BCUT2D eigenvalue weighted by molar-refractivity contribution is 0.210. The predicted molar refractivity (Wildman–Crippen MR) is 124 cm³/mol. The molecule has 0 heterocycles. The van der Waals surface area contributed by atoms with Crippen LogP contribution in [-0.2, 0) is 13.0 Å². The maximum Gasteiger partial charge on any atom is 0.100 e. The van der Waals surface area contributed by atoms with Crippen LogP contribution < -0.4 is 0 Å². The molecule has 30 heavy (non-hydrogen) atoms. The number of nitrogens with zero attached hydrogens (tertiary/aromatic N) is 2. The largest absolute Gasteiger partial charge is 0.297 e. The summed E-state index contributed by atoms with van der Waals surface area (Å²) in [4.78, 5) is 2.55. The van der Waals surface area contributed by atoms with E-state index in [0.717, 1.165) is 45.2 Å². The second-order valence-corrected chi connectivity index (χ2v) is 8.57. The van der Waals surface area contributed by atoms with Gasteiger partial charge < -0.3 is 0 Å². The first-order chi connectivity index (χ1) is 14.5. The summed E-state index contributed by atoms with van der Waals surface area (Å²) in [6.45, 7) is 8.14. The molecule has 0 amide bonds. The van der Waals surface area contributed by atoms with Crippen molar-refractivity contribution in [2.75, 3.05) is 6.54 Å². The zero-order chi connectivity index (χ0) is 21.8. The third-order valence-electron chi connectivity index (χ3n) is 5.98. The molecule has 2 aromatic carbocycles. The molecule has 0 aliphatic heterocycles. The number of aryl methyl sites for hydroxylation is 1. The number of hydrogen-bond donors (Lipinski definition) is 0. The molecule has 2 nitrogen and oxygen atoms in total. The third-order valence-corrected chi connectivity index (χ3v) is 5.98. The highest BCUT2D eigenvalue weighted by Gasteiger charge is 2.21. The minimum absolute atomic E-state index is 0.554. The monoisotopic (exact) mass is 408 g/mol. The van der Waals surface area contributed by atoms with Gasteiger partial charge in [0.25, 0.3) is 0 Å². The van der Waals surface area contributed by atoms with Gasteiger partial charge in [-0.1, -0.05) is 54.6 Å². The zero-order valence-corrected chi connectivity index (χ0v) is 18.9. The molecule has 0 unspecified atom stereocenters. The number of halogens is 1. The molecule has 2 aromatic rings. The van der Waals surface area contributed by atoms with Gasteiger partial charge in [0.05, 0.1) is 6.07 Å². The maximum absolute atomic E-state index is 13.3. The Morgan fingerprint density at radius 2 is 1.57 bits per heavy atom. The van der Waals surface area contributed by atoms with Gasteiger partial charge in [-0.05, 0) is 81.5 Å². The summed E-state index contributed by atoms with van der Waals surface area (Å²) >= 11 is 0. The molecule has 0 atom stereocenters. The van der Waals surface area contributed by atoms with Crippen molar-refractivity contribution in [2.45, 2.75) is 84.0 Å². The van der Waals surface area contributed by atoms with Crippen molar-refractivity contribution in [2.24, 2.45) is 0 Å². The van der Waals surface area contributed by atoms with E-state index in [2.05, 4.69) is 73.3 Å². The van der Waals surface area contributed by atoms with E-state index in [0.29, 0.717) is 12.0 Å². The topological polar surface area (TPSA) is 27.0 Å². The Hall–Kier alpha value is -2.18. The van der Waals surface area contributed by atoms with E-state index in [1.54, 1.807) is 6.07 Å². The molecule has 162 valence electrons. The molecule has 1 aliphatic carbocycles. The zero-order valence-electron chi connectivity index (χ0n) is 18.9. The predicted octanol–water partition coefficient (Wildman–Crippen LogP) is 7.06. The quantitative estimate of drug-likeness (QED) is 0.468. The number of rotatable bonds is 8. The molecule has 0 aromatic heterocycles. The Balaban J connectivity index is 0.00000101. The lowest BCUT2D eigenvalue weighted by atomic mass is 9.83. The van der Waals surface area contributed by atoms with Crippen LogP contribution in [0, 0.1) is 11.3 Å². The first-order valence-corrected chi connectivity index (χ1v) is 11.3. The van der Waals surface area contributed by atoms with Crippen molar-refractivity contribution in [1.29, 1.82) is 5.26 Å². The fraction of sp³-hybridized carbons (Fsp3) is 0.519. The second-order valence-electron chi connectivity index (χ2n) is 8.57. The molecule has 1 aliphatic rings. The van der Waals surface area contributed by atoms with Gasteiger partial charge in [-0.2, -0.15) is 5.26 Å².